The number of nitrogens with two attached hydrogens (primary N) is 1. The molecule has 0 amide bonds. The minimum atomic E-state index is -0.823. The lowest BCUT2D eigenvalue weighted by Gasteiger charge is -2.05. The number of carboxylic acid groups (broad SMARTS) is 1. The Labute approximate surface area is 76.2 Å². The van der Waals surface area contributed by atoms with Gasteiger partial charge in [-0.15, -0.1) is 0 Å². The van der Waals surface area contributed by atoms with Gasteiger partial charge in [-0.1, -0.05) is 6.92 Å². The maximum absolute atomic E-state index is 10.4. The Morgan fingerprint density at radius 3 is 2.85 bits per heavy atom. The van der Waals surface area contributed by atoms with Gasteiger partial charge in [0.05, 0.1) is 6.42 Å². The third-order valence-electron chi connectivity index (χ3n) is 1.90. The summed E-state index contributed by atoms with van der Waals surface area (Å²) < 4.78 is 1.59. The van der Waals surface area contributed by atoms with E-state index >= 15 is 0 Å². The highest BCUT2D eigenvalue weighted by Gasteiger charge is 2.15. The molecule has 0 spiro atoms. The van der Waals surface area contributed by atoms with Gasteiger partial charge >= 0.3 is 5.97 Å². The lowest BCUT2D eigenvalue weighted by molar-refractivity contribution is -0.137. The summed E-state index contributed by atoms with van der Waals surface area (Å²) in [7, 11) is 1.76. The van der Waals surface area contributed by atoms with Crippen molar-refractivity contribution < 1.29 is 9.90 Å². The number of aromatic nitrogens is 2. The molecule has 1 aromatic heterocycles. The zero-order valence-electron chi connectivity index (χ0n) is 7.69. The monoisotopic (exact) mass is 183 g/mol. The van der Waals surface area contributed by atoms with Gasteiger partial charge in [-0.3, -0.25) is 9.48 Å². The molecule has 1 atom stereocenters. The number of rotatable bonds is 3. The number of nitrogens with zero attached hydrogens (tertiary/aromatic N) is 2. The molecule has 1 unspecified atom stereocenters. The number of anilines is 1. The fraction of sp³-hybridized carbons (Fsp3) is 0.500. The maximum Gasteiger partial charge on any atom is 0.303 e. The molecule has 0 aliphatic rings. The van der Waals surface area contributed by atoms with E-state index in [1.165, 1.54) is 0 Å². The van der Waals surface area contributed by atoms with E-state index in [9.17, 15) is 4.79 Å². The van der Waals surface area contributed by atoms with Crippen LogP contribution in [0.4, 0.5) is 5.82 Å². The molecule has 0 aliphatic heterocycles. The van der Waals surface area contributed by atoms with Gasteiger partial charge in [0.25, 0.3) is 0 Å². The number of carboxylic acids is 1. The summed E-state index contributed by atoms with van der Waals surface area (Å²) in [5.74, 6) is -0.502. The van der Waals surface area contributed by atoms with Crippen molar-refractivity contribution in [3.05, 3.63) is 11.8 Å². The van der Waals surface area contributed by atoms with Crippen molar-refractivity contribution in [1.29, 1.82) is 0 Å². The van der Waals surface area contributed by atoms with Crippen LogP contribution in [0.1, 0.15) is 24.8 Å². The molecule has 0 aliphatic carbocycles. The van der Waals surface area contributed by atoms with Crippen LogP contribution in [0.15, 0.2) is 6.20 Å². The topological polar surface area (TPSA) is 81.1 Å². The van der Waals surface area contributed by atoms with Crippen LogP contribution in [-0.4, -0.2) is 20.9 Å². The summed E-state index contributed by atoms with van der Waals surface area (Å²) in [5.41, 5.74) is 6.39. The van der Waals surface area contributed by atoms with Crippen molar-refractivity contribution in [1.82, 2.24) is 9.78 Å². The largest absolute Gasteiger partial charge is 0.481 e. The zero-order chi connectivity index (χ0) is 10.0. The van der Waals surface area contributed by atoms with Crippen LogP contribution in [-0.2, 0) is 11.8 Å². The van der Waals surface area contributed by atoms with E-state index in [1.54, 1.807) is 17.9 Å². The number of carbonyl (C=O) groups is 1. The standard InChI is InChI=1S/C8H13N3O2/c1-5(3-7(12)13)6-4-11(2)10-8(6)9/h4-5H,3H2,1-2H3,(H2,9,10)(H,12,13). The SMILES string of the molecule is CC(CC(=O)O)c1cn(C)nc1N. The third-order valence-corrected chi connectivity index (χ3v) is 1.90. The third kappa shape index (κ3) is 2.21. The van der Waals surface area contributed by atoms with Gasteiger partial charge < -0.3 is 10.8 Å². The normalized spacial score (nSPS) is 12.8. The fourth-order valence-corrected chi connectivity index (χ4v) is 1.28. The summed E-state index contributed by atoms with van der Waals surface area (Å²) >= 11 is 0. The van der Waals surface area contributed by atoms with Crippen molar-refractivity contribution in [3.63, 3.8) is 0 Å². The highest BCUT2D eigenvalue weighted by molar-refractivity contribution is 5.68. The molecule has 0 bridgehead atoms. The Bertz CT molecular complexity index is 319. The first kappa shape index (κ1) is 9.57. The first-order valence-electron chi connectivity index (χ1n) is 4.01. The minimum absolute atomic E-state index is 0.0793. The van der Waals surface area contributed by atoms with Gasteiger partial charge in [0.1, 0.15) is 5.82 Å². The predicted molar refractivity (Wildman–Crippen MR) is 48.3 cm³/mol. The van der Waals surface area contributed by atoms with E-state index in [-0.39, 0.29) is 12.3 Å². The second-order valence-electron chi connectivity index (χ2n) is 3.14. The van der Waals surface area contributed by atoms with E-state index < -0.39 is 5.97 Å². The molecule has 1 rings (SSSR count). The van der Waals surface area contributed by atoms with Gasteiger partial charge in [-0.2, -0.15) is 5.10 Å². The Morgan fingerprint density at radius 1 is 1.85 bits per heavy atom. The van der Waals surface area contributed by atoms with Crippen LogP contribution in [0.3, 0.4) is 0 Å². The Balaban J connectivity index is 2.81. The second kappa shape index (κ2) is 3.47. The lowest BCUT2D eigenvalue weighted by Crippen LogP contribution is -2.04. The van der Waals surface area contributed by atoms with Crippen molar-refractivity contribution in [3.8, 4) is 0 Å². The van der Waals surface area contributed by atoms with Crippen LogP contribution in [0.25, 0.3) is 0 Å². The molecule has 13 heavy (non-hydrogen) atoms. The van der Waals surface area contributed by atoms with Crippen LogP contribution < -0.4 is 5.73 Å². The number of aliphatic carboxylic acids is 1. The van der Waals surface area contributed by atoms with Crippen molar-refractivity contribution in [2.75, 3.05) is 5.73 Å². The van der Waals surface area contributed by atoms with Gasteiger partial charge in [0.2, 0.25) is 0 Å². The molecule has 0 saturated heterocycles. The molecule has 5 heteroatoms. The predicted octanol–water partition coefficient (Wildman–Crippen LogP) is 0.581. The van der Waals surface area contributed by atoms with Crippen LogP contribution in [0, 0.1) is 0 Å². The lowest BCUT2D eigenvalue weighted by atomic mass is 10.0. The average Bonchev–Trinajstić information content (AvgIpc) is 2.28. The summed E-state index contributed by atoms with van der Waals surface area (Å²) in [6.45, 7) is 1.82. The minimum Gasteiger partial charge on any atom is -0.481 e. The summed E-state index contributed by atoms with van der Waals surface area (Å²) in [6.07, 6.45) is 1.83. The summed E-state index contributed by atoms with van der Waals surface area (Å²) in [5, 5.41) is 12.5. The molecule has 1 aromatic rings. The Morgan fingerprint density at radius 2 is 2.46 bits per heavy atom. The van der Waals surface area contributed by atoms with E-state index in [4.69, 9.17) is 10.8 Å². The highest BCUT2D eigenvalue weighted by atomic mass is 16.4. The average molecular weight is 183 g/mol. The number of hydrogen-bond acceptors (Lipinski definition) is 3. The molecule has 72 valence electrons. The summed E-state index contributed by atoms with van der Waals surface area (Å²) in [6, 6.07) is 0. The fourth-order valence-electron chi connectivity index (χ4n) is 1.28. The molecule has 0 radical (unpaired) electrons. The van der Waals surface area contributed by atoms with E-state index in [0.717, 1.165) is 5.56 Å². The molecule has 5 nitrogen and oxygen atoms in total. The van der Waals surface area contributed by atoms with Gasteiger partial charge in [0.15, 0.2) is 0 Å². The van der Waals surface area contributed by atoms with Crippen molar-refractivity contribution >= 4 is 11.8 Å². The van der Waals surface area contributed by atoms with E-state index in [0.29, 0.717) is 5.82 Å². The van der Waals surface area contributed by atoms with E-state index in [1.807, 2.05) is 6.92 Å². The van der Waals surface area contributed by atoms with Gasteiger partial charge in [0, 0.05) is 18.8 Å². The van der Waals surface area contributed by atoms with Crippen molar-refractivity contribution in [2.24, 2.45) is 7.05 Å². The molecule has 0 aromatic carbocycles. The summed E-state index contributed by atoms with van der Waals surface area (Å²) in [4.78, 5) is 10.4. The number of hydrogen-bond donors (Lipinski definition) is 2. The highest BCUT2D eigenvalue weighted by Crippen LogP contribution is 2.23. The maximum atomic E-state index is 10.4. The molecular weight excluding hydrogens is 170 g/mol. The molecular formula is C8H13N3O2. The number of nitrogen functional groups attached to an aromatic ring is 1. The quantitative estimate of drug-likeness (QED) is 0.718. The van der Waals surface area contributed by atoms with Crippen LogP contribution >= 0.6 is 0 Å². The Kier molecular flexibility index (Phi) is 2.55. The van der Waals surface area contributed by atoms with E-state index in [2.05, 4.69) is 5.10 Å². The smallest absolute Gasteiger partial charge is 0.303 e. The van der Waals surface area contributed by atoms with Crippen LogP contribution in [0.5, 0.6) is 0 Å². The first-order valence-corrected chi connectivity index (χ1v) is 4.01. The van der Waals surface area contributed by atoms with Crippen molar-refractivity contribution in [2.45, 2.75) is 19.3 Å². The molecule has 3 N–H and O–H groups in total. The second-order valence-corrected chi connectivity index (χ2v) is 3.14. The van der Waals surface area contributed by atoms with Gasteiger partial charge in [-0.25, -0.2) is 0 Å². The molecule has 0 fully saturated rings. The van der Waals surface area contributed by atoms with Gasteiger partial charge in [-0.05, 0) is 5.92 Å². The first-order chi connectivity index (χ1) is 6.00. The molecule has 1 heterocycles. The Hall–Kier alpha value is -1.52. The number of aryl methyl sites for hydroxylation is 1. The van der Waals surface area contributed by atoms with Crippen LogP contribution in [0.2, 0.25) is 0 Å². The molecule has 0 saturated carbocycles. The zero-order valence-corrected chi connectivity index (χ0v) is 7.69.